The first-order valence-corrected chi connectivity index (χ1v) is 6.86. The molecule has 0 fully saturated rings. The van der Waals surface area contributed by atoms with Crippen LogP contribution in [0.25, 0.3) is 0 Å². The van der Waals surface area contributed by atoms with Gasteiger partial charge in [0.25, 0.3) is 0 Å². The van der Waals surface area contributed by atoms with Crippen LogP contribution in [0.15, 0.2) is 30.6 Å². The molecule has 0 radical (unpaired) electrons. The maximum absolute atomic E-state index is 12.1. The predicted octanol–water partition coefficient (Wildman–Crippen LogP) is 3.26. The quantitative estimate of drug-likeness (QED) is 0.927. The summed E-state index contributed by atoms with van der Waals surface area (Å²) in [5, 5.41) is 7.10. The number of nitrogens with zero attached hydrogens (tertiary/aromatic N) is 2. The van der Waals surface area contributed by atoms with Crippen molar-refractivity contribution in [2.75, 3.05) is 5.32 Å². The maximum Gasteiger partial charge on any atom is 0.228 e. The molecule has 106 valence electrons. The number of carbonyl (C=O) groups excluding carboxylic acids is 1. The van der Waals surface area contributed by atoms with Crippen LogP contribution in [0.5, 0.6) is 0 Å². The van der Waals surface area contributed by atoms with E-state index in [9.17, 15) is 4.79 Å². The van der Waals surface area contributed by atoms with Gasteiger partial charge in [0.15, 0.2) is 0 Å². The molecule has 1 heterocycles. The smallest absolute Gasteiger partial charge is 0.228 e. The molecular formula is C16H21N3O. The van der Waals surface area contributed by atoms with Crippen molar-refractivity contribution >= 4 is 11.6 Å². The molecule has 0 bridgehead atoms. The number of rotatable bonds is 4. The second-order valence-corrected chi connectivity index (χ2v) is 5.46. The Balaban J connectivity index is 2.03. The lowest BCUT2D eigenvalue weighted by Crippen LogP contribution is -2.14. The average Bonchev–Trinajstić information content (AvgIpc) is 2.82. The fourth-order valence-corrected chi connectivity index (χ4v) is 2.05. The summed E-state index contributed by atoms with van der Waals surface area (Å²) in [6.45, 7) is 8.16. The molecule has 0 atom stereocenters. The molecule has 4 nitrogen and oxygen atoms in total. The van der Waals surface area contributed by atoms with Crippen LogP contribution in [-0.4, -0.2) is 15.7 Å². The number of hydrogen-bond acceptors (Lipinski definition) is 2. The van der Waals surface area contributed by atoms with Crippen molar-refractivity contribution in [2.24, 2.45) is 0 Å². The molecule has 1 aromatic heterocycles. The first kappa shape index (κ1) is 14.3. The van der Waals surface area contributed by atoms with E-state index in [1.165, 1.54) is 5.56 Å². The minimum absolute atomic E-state index is 0.0120. The van der Waals surface area contributed by atoms with Crippen LogP contribution >= 0.6 is 0 Å². The molecule has 20 heavy (non-hydrogen) atoms. The molecule has 2 rings (SSSR count). The molecule has 0 saturated heterocycles. The van der Waals surface area contributed by atoms with E-state index in [1.807, 2.05) is 24.7 Å². The van der Waals surface area contributed by atoms with Crippen molar-refractivity contribution in [1.82, 2.24) is 9.78 Å². The molecule has 0 aliphatic heterocycles. The van der Waals surface area contributed by atoms with Crippen LogP contribution in [0.2, 0.25) is 0 Å². The summed E-state index contributed by atoms with van der Waals surface area (Å²) in [5.41, 5.74) is 4.13. The monoisotopic (exact) mass is 271 g/mol. The van der Waals surface area contributed by atoms with Gasteiger partial charge in [-0.3, -0.25) is 9.48 Å². The third kappa shape index (κ3) is 3.47. The number of aryl methyl sites for hydroxylation is 2. The van der Waals surface area contributed by atoms with E-state index < -0.39 is 0 Å². The standard InChI is InChI=1S/C16H21N3O/c1-11(2)19-10-15(9-17-19)18-16(20)8-14-7-12(3)5-6-13(14)4/h5-7,9-11H,8H2,1-4H3,(H,18,20). The van der Waals surface area contributed by atoms with E-state index in [2.05, 4.69) is 42.5 Å². The Hall–Kier alpha value is -2.10. The van der Waals surface area contributed by atoms with Crippen LogP contribution in [-0.2, 0) is 11.2 Å². The number of aromatic nitrogens is 2. The van der Waals surface area contributed by atoms with Gasteiger partial charge in [0, 0.05) is 12.2 Å². The lowest BCUT2D eigenvalue weighted by atomic mass is 10.0. The fourth-order valence-electron chi connectivity index (χ4n) is 2.05. The molecule has 0 unspecified atom stereocenters. The fraction of sp³-hybridized carbons (Fsp3) is 0.375. The normalized spacial score (nSPS) is 10.8. The largest absolute Gasteiger partial charge is 0.323 e. The first-order valence-electron chi connectivity index (χ1n) is 6.86. The van der Waals surface area contributed by atoms with E-state index in [0.717, 1.165) is 16.8 Å². The summed E-state index contributed by atoms with van der Waals surface area (Å²) in [4.78, 5) is 12.1. The van der Waals surface area contributed by atoms with Gasteiger partial charge in [0.1, 0.15) is 0 Å². The molecule has 4 heteroatoms. The average molecular weight is 271 g/mol. The van der Waals surface area contributed by atoms with E-state index in [1.54, 1.807) is 6.20 Å². The zero-order valence-corrected chi connectivity index (χ0v) is 12.5. The molecule has 1 aromatic carbocycles. The molecule has 1 amide bonds. The minimum Gasteiger partial charge on any atom is -0.323 e. The van der Waals surface area contributed by atoms with Crippen molar-refractivity contribution in [3.05, 3.63) is 47.3 Å². The van der Waals surface area contributed by atoms with Gasteiger partial charge >= 0.3 is 0 Å². The molecule has 1 N–H and O–H groups in total. The third-order valence-electron chi connectivity index (χ3n) is 3.27. The number of hydrogen-bond donors (Lipinski definition) is 1. The number of amides is 1. The Morgan fingerprint density at radius 1 is 1.35 bits per heavy atom. The van der Waals surface area contributed by atoms with Gasteiger partial charge < -0.3 is 5.32 Å². The van der Waals surface area contributed by atoms with E-state index in [-0.39, 0.29) is 5.91 Å². The second kappa shape index (κ2) is 5.90. The van der Waals surface area contributed by atoms with Gasteiger partial charge in [-0.25, -0.2) is 0 Å². The molecule has 0 saturated carbocycles. The minimum atomic E-state index is -0.0120. The maximum atomic E-state index is 12.1. The summed E-state index contributed by atoms with van der Waals surface area (Å²) in [6.07, 6.45) is 3.92. The SMILES string of the molecule is Cc1ccc(C)c(CC(=O)Nc2cnn(C(C)C)c2)c1. The summed E-state index contributed by atoms with van der Waals surface area (Å²) >= 11 is 0. The van der Waals surface area contributed by atoms with E-state index in [0.29, 0.717) is 12.5 Å². The van der Waals surface area contributed by atoms with Gasteiger partial charge in [-0.15, -0.1) is 0 Å². The van der Waals surface area contributed by atoms with Crippen molar-refractivity contribution < 1.29 is 4.79 Å². The highest BCUT2D eigenvalue weighted by Crippen LogP contribution is 2.14. The highest BCUT2D eigenvalue weighted by atomic mass is 16.1. The Kier molecular flexibility index (Phi) is 4.23. The van der Waals surface area contributed by atoms with Gasteiger partial charge in [0.2, 0.25) is 5.91 Å². The molecule has 0 spiro atoms. The third-order valence-corrected chi connectivity index (χ3v) is 3.27. The van der Waals surface area contributed by atoms with Gasteiger partial charge in [-0.2, -0.15) is 5.10 Å². The Labute approximate surface area is 119 Å². The summed E-state index contributed by atoms with van der Waals surface area (Å²) in [6, 6.07) is 6.46. The number of carbonyl (C=O) groups is 1. The molecule has 0 aliphatic carbocycles. The van der Waals surface area contributed by atoms with E-state index >= 15 is 0 Å². The molecular weight excluding hydrogens is 250 g/mol. The zero-order chi connectivity index (χ0) is 14.7. The van der Waals surface area contributed by atoms with Crippen LogP contribution in [0.1, 0.15) is 36.6 Å². The lowest BCUT2D eigenvalue weighted by molar-refractivity contribution is -0.115. The van der Waals surface area contributed by atoms with Crippen molar-refractivity contribution in [3.63, 3.8) is 0 Å². The highest BCUT2D eigenvalue weighted by Gasteiger charge is 2.08. The number of nitrogens with one attached hydrogen (secondary N) is 1. The van der Waals surface area contributed by atoms with Crippen molar-refractivity contribution in [3.8, 4) is 0 Å². The van der Waals surface area contributed by atoms with E-state index in [4.69, 9.17) is 0 Å². The topological polar surface area (TPSA) is 46.9 Å². The second-order valence-electron chi connectivity index (χ2n) is 5.46. The Bertz CT molecular complexity index is 614. The highest BCUT2D eigenvalue weighted by molar-refractivity contribution is 5.92. The Morgan fingerprint density at radius 3 is 2.75 bits per heavy atom. The number of anilines is 1. The first-order chi connectivity index (χ1) is 9.45. The van der Waals surface area contributed by atoms with Crippen molar-refractivity contribution in [2.45, 2.75) is 40.2 Å². The van der Waals surface area contributed by atoms with Crippen LogP contribution in [0, 0.1) is 13.8 Å². The van der Waals surface area contributed by atoms with Gasteiger partial charge in [-0.1, -0.05) is 23.8 Å². The molecule has 0 aliphatic rings. The van der Waals surface area contributed by atoms with Crippen LogP contribution < -0.4 is 5.32 Å². The van der Waals surface area contributed by atoms with Gasteiger partial charge in [0.05, 0.1) is 18.3 Å². The zero-order valence-electron chi connectivity index (χ0n) is 12.5. The summed E-state index contributed by atoms with van der Waals surface area (Å²) in [5.74, 6) is -0.0120. The summed E-state index contributed by atoms with van der Waals surface area (Å²) < 4.78 is 1.83. The van der Waals surface area contributed by atoms with Crippen LogP contribution in [0.3, 0.4) is 0 Å². The van der Waals surface area contributed by atoms with Crippen LogP contribution in [0.4, 0.5) is 5.69 Å². The van der Waals surface area contributed by atoms with Gasteiger partial charge in [-0.05, 0) is 38.8 Å². The lowest BCUT2D eigenvalue weighted by Gasteiger charge is -2.07. The Morgan fingerprint density at radius 2 is 2.10 bits per heavy atom. The predicted molar refractivity (Wildman–Crippen MR) is 80.9 cm³/mol. The summed E-state index contributed by atoms with van der Waals surface area (Å²) in [7, 11) is 0. The number of benzene rings is 1. The molecule has 2 aromatic rings. The van der Waals surface area contributed by atoms with Crippen molar-refractivity contribution in [1.29, 1.82) is 0 Å².